The lowest BCUT2D eigenvalue weighted by Crippen LogP contribution is -2.23. The third-order valence-corrected chi connectivity index (χ3v) is 5.59. The first-order valence-corrected chi connectivity index (χ1v) is 10.9. The van der Waals surface area contributed by atoms with Gasteiger partial charge >= 0.3 is 0 Å². The van der Waals surface area contributed by atoms with E-state index in [-0.39, 0.29) is 11.9 Å². The summed E-state index contributed by atoms with van der Waals surface area (Å²) in [5.41, 5.74) is 1.10. The Morgan fingerprint density at radius 1 is 1.09 bits per heavy atom. The summed E-state index contributed by atoms with van der Waals surface area (Å²) in [6.07, 6.45) is 9.26. The summed E-state index contributed by atoms with van der Waals surface area (Å²) in [4.78, 5) is 21.4. The molecule has 0 unspecified atom stereocenters. The summed E-state index contributed by atoms with van der Waals surface area (Å²) in [7, 11) is 0. The van der Waals surface area contributed by atoms with E-state index < -0.39 is 0 Å². The second-order valence-corrected chi connectivity index (χ2v) is 7.91. The van der Waals surface area contributed by atoms with E-state index in [9.17, 15) is 4.79 Å². The highest BCUT2D eigenvalue weighted by molar-refractivity contribution is 6.03. The van der Waals surface area contributed by atoms with Crippen molar-refractivity contribution in [2.45, 2.75) is 44.7 Å². The molecule has 0 spiro atoms. The fourth-order valence-corrected chi connectivity index (χ4v) is 3.92. The molecule has 0 saturated heterocycles. The van der Waals surface area contributed by atoms with Crippen LogP contribution in [0.2, 0.25) is 0 Å². The van der Waals surface area contributed by atoms with Gasteiger partial charge in [-0.2, -0.15) is 9.50 Å². The summed E-state index contributed by atoms with van der Waals surface area (Å²) in [5, 5.41) is 14.0. The van der Waals surface area contributed by atoms with Gasteiger partial charge in [0, 0.05) is 12.2 Å². The number of hydrogen-bond acceptors (Lipinski definition) is 7. The number of aromatic nitrogens is 4. The van der Waals surface area contributed by atoms with Gasteiger partial charge in [0.25, 0.3) is 5.91 Å². The van der Waals surface area contributed by atoms with E-state index in [4.69, 9.17) is 4.42 Å². The molecule has 164 valence electrons. The molecule has 0 bridgehead atoms. The molecule has 4 heterocycles. The maximum absolute atomic E-state index is 12.7. The van der Waals surface area contributed by atoms with Crippen LogP contribution in [-0.2, 0) is 6.54 Å². The monoisotopic (exact) mass is 431 g/mol. The predicted molar refractivity (Wildman–Crippen MR) is 122 cm³/mol. The zero-order valence-corrected chi connectivity index (χ0v) is 17.6. The fourth-order valence-electron chi connectivity index (χ4n) is 3.92. The summed E-state index contributed by atoms with van der Waals surface area (Å²) < 4.78 is 7.02. The number of fused-ring (bicyclic) bond motifs is 1. The van der Waals surface area contributed by atoms with Gasteiger partial charge < -0.3 is 15.1 Å². The SMILES string of the molecule is O=C(Nc1nc2cccc(NC3CCCCC3)n2n1)c1ccc(NCc2ccco2)nc1. The van der Waals surface area contributed by atoms with Gasteiger partial charge in [0.15, 0.2) is 5.65 Å². The number of carbonyl (C=O) groups is 1. The molecule has 0 atom stereocenters. The van der Waals surface area contributed by atoms with Crippen LogP contribution >= 0.6 is 0 Å². The van der Waals surface area contributed by atoms with E-state index in [1.54, 1.807) is 22.9 Å². The molecule has 1 aliphatic carbocycles. The number of nitrogens with one attached hydrogen (secondary N) is 3. The molecule has 0 aromatic carbocycles. The minimum absolute atomic E-state index is 0.257. The average molecular weight is 432 g/mol. The maximum atomic E-state index is 12.7. The van der Waals surface area contributed by atoms with Crippen LogP contribution in [-0.4, -0.2) is 31.5 Å². The second kappa shape index (κ2) is 9.09. The Labute approximate surface area is 185 Å². The Morgan fingerprint density at radius 3 is 2.78 bits per heavy atom. The molecule has 3 N–H and O–H groups in total. The van der Waals surface area contributed by atoms with Gasteiger partial charge in [-0.05, 0) is 49.2 Å². The van der Waals surface area contributed by atoms with Crippen molar-refractivity contribution in [2.24, 2.45) is 0 Å². The van der Waals surface area contributed by atoms with Crippen molar-refractivity contribution in [3.63, 3.8) is 0 Å². The molecule has 9 nitrogen and oxygen atoms in total. The second-order valence-electron chi connectivity index (χ2n) is 7.91. The largest absolute Gasteiger partial charge is 0.467 e. The van der Waals surface area contributed by atoms with Gasteiger partial charge in [-0.25, -0.2) is 4.98 Å². The predicted octanol–water partition coefficient (Wildman–Crippen LogP) is 4.33. The van der Waals surface area contributed by atoms with E-state index in [1.165, 1.54) is 25.5 Å². The number of hydrogen-bond donors (Lipinski definition) is 3. The normalized spacial score (nSPS) is 14.4. The lowest BCUT2D eigenvalue weighted by molar-refractivity contribution is 0.102. The first kappa shape index (κ1) is 20.0. The van der Waals surface area contributed by atoms with E-state index in [0.717, 1.165) is 24.4 Å². The minimum atomic E-state index is -0.312. The maximum Gasteiger partial charge on any atom is 0.259 e. The lowest BCUT2D eigenvalue weighted by Gasteiger charge is -2.23. The molecule has 1 fully saturated rings. The molecular weight excluding hydrogens is 406 g/mol. The number of amides is 1. The van der Waals surface area contributed by atoms with Crippen LogP contribution in [0.3, 0.4) is 0 Å². The van der Waals surface area contributed by atoms with Crippen LogP contribution in [0.5, 0.6) is 0 Å². The summed E-state index contributed by atoms with van der Waals surface area (Å²) in [5.74, 6) is 2.29. The van der Waals surface area contributed by atoms with Gasteiger partial charge in [-0.3, -0.25) is 10.1 Å². The number of pyridine rings is 2. The summed E-state index contributed by atoms with van der Waals surface area (Å²) in [6.45, 7) is 0.522. The molecule has 0 aliphatic heterocycles. The van der Waals surface area contributed by atoms with Gasteiger partial charge in [0.2, 0.25) is 5.95 Å². The third kappa shape index (κ3) is 4.56. The van der Waals surface area contributed by atoms with Crippen molar-refractivity contribution in [2.75, 3.05) is 16.0 Å². The van der Waals surface area contributed by atoms with E-state index >= 15 is 0 Å². The average Bonchev–Trinajstić information content (AvgIpc) is 3.49. The van der Waals surface area contributed by atoms with Gasteiger partial charge in [0.05, 0.1) is 18.4 Å². The molecule has 1 amide bonds. The Morgan fingerprint density at radius 2 is 2.00 bits per heavy atom. The lowest BCUT2D eigenvalue weighted by atomic mass is 9.95. The van der Waals surface area contributed by atoms with Crippen LogP contribution in [0, 0.1) is 0 Å². The van der Waals surface area contributed by atoms with Crippen LogP contribution in [0.25, 0.3) is 5.65 Å². The standard InChI is InChI=1S/C23H25N7O2/c31-22(16-11-12-19(24-14-16)25-15-18-8-5-13-32-18)28-23-27-21-10-4-9-20(30(21)29-23)26-17-6-2-1-3-7-17/h4-5,8-14,17,26H,1-3,6-7,15H2,(H,24,25)(H,28,29,31). The molecule has 0 radical (unpaired) electrons. The molecule has 9 heteroatoms. The zero-order chi connectivity index (χ0) is 21.8. The molecular formula is C23H25N7O2. The van der Waals surface area contributed by atoms with Crippen molar-refractivity contribution < 1.29 is 9.21 Å². The summed E-state index contributed by atoms with van der Waals surface area (Å²) in [6, 6.07) is 13.4. The molecule has 1 saturated carbocycles. The number of anilines is 3. The van der Waals surface area contributed by atoms with Gasteiger partial charge in [0.1, 0.15) is 17.4 Å². The molecule has 5 rings (SSSR count). The van der Waals surface area contributed by atoms with Gasteiger partial charge in [-0.15, -0.1) is 5.10 Å². The Hall–Kier alpha value is -3.88. The quantitative estimate of drug-likeness (QED) is 0.400. The van der Waals surface area contributed by atoms with Crippen molar-refractivity contribution in [1.29, 1.82) is 0 Å². The van der Waals surface area contributed by atoms with Gasteiger partial charge in [-0.1, -0.05) is 25.3 Å². The number of furan rings is 1. The highest BCUT2D eigenvalue weighted by Gasteiger charge is 2.16. The minimum Gasteiger partial charge on any atom is -0.467 e. The van der Waals surface area contributed by atoms with Crippen LogP contribution < -0.4 is 16.0 Å². The topological polar surface area (TPSA) is 109 Å². The Balaban J connectivity index is 1.24. The smallest absolute Gasteiger partial charge is 0.259 e. The molecule has 4 aromatic heterocycles. The zero-order valence-electron chi connectivity index (χ0n) is 17.6. The molecule has 1 aliphatic rings. The van der Waals surface area contributed by atoms with Crippen molar-refractivity contribution in [3.8, 4) is 0 Å². The number of carbonyl (C=O) groups excluding carboxylic acids is 1. The Kier molecular flexibility index (Phi) is 5.69. The highest BCUT2D eigenvalue weighted by Crippen LogP contribution is 2.22. The van der Waals surface area contributed by atoms with Crippen molar-refractivity contribution >= 4 is 29.1 Å². The number of rotatable bonds is 7. The summed E-state index contributed by atoms with van der Waals surface area (Å²) >= 11 is 0. The van der Waals surface area contributed by atoms with E-state index in [1.807, 2.05) is 30.3 Å². The first-order chi connectivity index (χ1) is 15.7. The van der Waals surface area contributed by atoms with Crippen LogP contribution in [0.15, 0.2) is 59.3 Å². The number of nitrogens with zero attached hydrogens (tertiary/aromatic N) is 4. The van der Waals surface area contributed by atoms with Crippen LogP contribution in [0.1, 0.15) is 48.2 Å². The van der Waals surface area contributed by atoms with Crippen LogP contribution in [0.4, 0.5) is 17.6 Å². The van der Waals surface area contributed by atoms with E-state index in [2.05, 4.69) is 31.0 Å². The Bertz CT molecular complexity index is 1180. The molecule has 32 heavy (non-hydrogen) atoms. The first-order valence-electron chi connectivity index (χ1n) is 10.9. The van der Waals surface area contributed by atoms with Crippen molar-refractivity contribution in [3.05, 3.63) is 66.2 Å². The fraction of sp³-hybridized carbons (Fsp3) is 0.304. The van der Waals surface area contributed by atoms with E-state index in [0.29, 0.717) is 29.6 Å². The highest BCUT2D eigenvalue weighted by atomic mass is 16.3. The molecule has 4 aromatic rings. The van der Waals surface area contributed by atoms with Crippen molar-refractivity contribution in [1.82, 2.24) is 19.6 Å². The third-order valence-electron chi connectivity index (χ3n) is 5.59.